The number of carbonyl (C=O) groups is 4. The predicted octanol–water partition coefficient (Wildman–Crippen LogP) is 6.98. The van der Waals surface area contributed by atoms with E-state index < -0.39 is 12.1 Å². The van der Waals surface area contributed by atoms with Crippen LogP contribution in [0.3, 0.4) is 0 Å². The Balaban J connectivity index is 1.31. The Morgan fingerprint density at radius 2 is 1.57 bits per heavy atom. The fraction of sp³-hybridized carbons (Fsp3) is 0.286. The van der Waals surface area contributed by atoms with Crippen molar-refractivity contribution in [1.82, 2.24) is 4.98 Å². The van der Waals surface area contributed by atoms with Crippen LogP contribution in [0.1, 0.15) is 58.9 Å². The van der Waals surface area contributed by atoms with Crippen LogP contribution in [0.15, 0.2) is 66.7 Å². The number of amides is 2. The summed E-state index contributed by atoms with van der Waals surface area (Å²) in [4.78, 5) is 58.9. The summed E-state index contributed by atoms with van der Waals surface area (Å²) < 4.78 is 10.8. The van der Waals surface area contributed by atoms with Gasteiger partial charge < -0.3 is 9.47 Å². The fourth-order valence-corrected chi connectivity index (χ4v) is 6.34. The van der Waals surface area contributed by atoms with Crippen LogP contribution in [0.25, 0.3) is 22.2 Å². The number of carbonyl (C=O) groups excluding carboxylic acids is 4. The molecule has 2 amide bonds. The zero-order chi connectivity index (χ0) is 31.1. The first kappa shape index (κ1) is 29.5. The molecule has 1 aliphatic heterocycles. The molecule has 0 spiro atoms. The molecule has 2 fully saturated rings. The summed E-state index contributed by atoms with van der Waals surface area (Å²) in [7, 11) is 1.54. The van der Waals surface area contributed by atoms with Crippen LogP contribution >= 0.6 is 11.6 Å². The second kappa shape index (κ2) is 11.8. The van der Waals surface area contributed by atoms with Crippen molar-refractivity contribution in [3.05, 3.63) is 88.4 Å². The quantitative estimate of drug-likeness (QED) is 0.126. The van der Waals surface area contributed by atoms with Crippen molar-refractivity contribution in [3.8, 4) is 17.0 Å². The maximum absolute atomic E-state index is 13.6. The lowest BCUT2D eigenvalue weighted by atomic mass is 9.81. The molecule has 2 heterocycles. The Bertz CT molecular complexity index is 1780. The van der Waals surface area contributed by atoms with Crippen molar-refractivity contribution in [1.29, 1.82) is 0 Å². The second-order valence-electron chi connectivity index (χ2n) is 11.3. The molecule has 3 aromatic carbocycles. The Hall–Kier alpha value is -4.56. The molecule has 9 heteroatoms. The van der Waals surface area contributed by atoms with Gasteiger partial charge in [-0.1, -0.05) is 42.6 Å². The molecule has 4 aromatic rings. The number of ketones is 1. The summed E-state index contributed by atoms with van der Waals surface area (Å²) in [5.74, 6) is -1.16. The van der Waals surface area contributed by atoms with Gasteiger partial charge in [-0.15, -0.1) is 0 Å². The number of esters is 1. The van der Waals surface area contributed by atoms with E-state index >= 15 is 0 Å². The molecule has 3 atom stereocenters. The topological polar surface area (TPSA) is 103 Å². The number of nitrogens with zero attached hydrogens (tertiary/aromatic N) is 2. The number of halogens is 1. The van der Waals surface area contributed by atoms with E-state index in [0.717, 1.165) is 25.7 Å². The van der Waals surface area contributed by atoms with E-state index in [4.69, 9.17) is 26.1 Å². The van der Waals surface area contributed by atoms with Crippen molar-refractivity contribution in [2.75, 3.05) is 12.0 Å². The van der Waals surface area contributed by atoms with Gasteiger partial charge in [0, 0.05) is 21.5 Å². The predicted molar refractivity (Wildman–Crippen MR) is 167 cm³/mol. The molecule has 224 valence electrons. The van der Waals surface area contributed by atoms with Crippen LogP contribution in [0.2, 0.25) is 5.02 Å². The van der Waals surface area contributed by atoms with E-state index in [1.807, 2.05) is 6.92 Å². The maximum Gasteiger partial charge on any atom is 0.339 e. The molecule has 44 heavy (non-hydrogen) atoms. The van der Waals surface area contributed by atoms with Crippen molar-refractivity contribution in [3.63, 3.8) is 0 Å². The number of anilines is 1. The monoisotopic (exact) mass is 610 g/mol. The van der Waals surface area contributed by atoms with E-state index in [9.17, 15) is 19.2 Å². The van der Waals surface area contributed by atoms with Gasteiger partial charge in [-0.3, -0.25) is 19.3 Å². The molecule has 1 aliphatic carbocycles. The van der Waals surface area contributed by atoms with Crippen LogP contribution in [0.4, 0.5) is 5.69 Å². The Morgan fingerprint density at radius 1 is 0.932 bits per heavy atom. The van der Waals surface area contributed by atoms with Gasteiger partial charge in [0.2, 0.25) is 17.6 Å². The van der Waals surface area contributed by atoms with Gasteiger partial charge >= 0.3 is 5.97 Å². The fourth-order valence-electron chi connectivity index (χ4n) is 6.19. The van der Waals surface area contributed by atoms with Crippen molar-refractivity contribution >= 4 is 51.8 Å². The molecule has 1 saturated heterocycles. The molecule has 0 bridgehead atoms. The number of benzene rings is 3. The van der Waals surface area contributed by atoms with Gasteiger partial charge in [-0.05, 0) is 80.8 Å². The van der Waals surface area contributed by atoms with Crippen LogP contribution in [0, 0.1) is 18.8 Å². The average molecular weight is 611 g/mol. The second-order valence-corrected chi connectivity index (χ2v) is 11.7. The maximum atomic E-state index is 13.6. The minimum atomic E-state index is -1.05. The summed E-state index contributed by atoms with van der Waals surface area (Å²) >= 11 is 6.43. The highest BCUT2D eigenvalue weighted by atomic mass is 35.5. The summed E-state index contributed by atoms with van der Waals surface area (Å²) in [5.41, 5.74) is 3.50. The molecule has 0 N–H and O–H groups in total. The molecule has 1 saturated carbocycles. The first-order chi connectivity index (χ1) is 21.2. The van der Waals surface area contributed by atoms with E-state index in [1.54, 1.807) is 73.8 Å². The molecule has 6 rings (SSSR count). The molecule has 1 aromatic heterocycles. The zero-order valence-electron chi connectivity index (χ0n) is 24.6. The highest BCUT2D eigenvalue weighted by Crippen LogP contribution is 2.40. The Labute approximate surface area is 259 Å². The molecule has 2 aliphatic rings. The molecule has 0 radical (unpaired) electrons. The smallest absolute Gasteiger partial charge is 0.339 e. The van der Waals surface area contributed by atoms with E-state index in [2.05, 4.69) is 0 Å². The summed E-state index contributed by atoms with van der Waals surface area (Å²) in [5, 5.41) is 1.03. The number of imide groups is 1. The van der Waals surface area contributed by atoms with E-state index in [1.165, 1.54) is 11.8 Å². The Kier molecular flexibility index (Phi) is 7.95. The van der Waals surface area contributed by atoms with Crippen LogP contribution in [-0.4, -0.2) is 41.8 Å². The van der Waals surface area contributed by atoms with Gasteiger partial charge in [-0.2, -0.15) is 0 Å². The number of pyridine rings is 1. The standard InChI is InChI=1S/C35H31ClN2O6/c1-19-29(36)17-16-25-28(35(42)44-20(2)32(39)22-10-14-24(43-3)15-11-22)18-30(37-31(19)25)21-8-12-23(13-9-21)38-33(40)26-6-4-5-7-27(26)34(38)41/h8-18,20,26-27H,4-7H2,1-3H3. The molecule has 3 unspecified atom stereocenters. The third kappa shape index (κ3) is 5.24. The van der Waals surface area contributed by atoms with Gasteiger partial charge in [0.15, 0.2) is 6.10 Å². The van der Waals surface area contributed by atoms with Crippen LogP contribution in [-0.2, 0) is 14.3 Å². The largest absolute Gasteiger partial charge is 0.497 e. The number of aryl methyl sites for hydroxylation is 1. The Morgan fingerprint density at radius 3 is 2.18 bits per heavy atom. The van der Waals surface area contributed by atoms with E-state index in [-0.39, 0.29) is 35.0 Å². The third-order valence-electron chi connectivity index (χ3n) is 8.68. The summed E-state index contributed by atoms with van der Waals surface area (Å²) in [6.45, 7) is 3.35. The number of rotatable bonds is 7. The lowest BCUT2D eigenvalue weighted by Gasteiger charge is -2.19. The SMILES string of the molecule is COc1ccc(C(=O)C(C)OC(=O)c2cc(-c3ccc(N4C(=O)C5CCCCC5C4=O)cc3)nc3c(C)c(Cl)ccc23)cc1. The number of ether oxygens (including phenoxy) is 2. The lowest BCUT2D eigenvalue weighted by Crippen LogP contribution is -2.30. The van der Waals surface area contributed by atoms with Crippen molar-refractivity contribution < 1.29 is 28.7 Å². The van der Waals surface area contributed by atoms with Crippen molar-refractivity contribution in [2.45, 2.75) is 45.6 Å². The highest BCUT2D eigenvalue weighted by molar-refractivity contribution is 6.32. The van der Waals surface area contributed by atoms with Gasteiger partial charge in [0.25, 0.3) is 0 Å². The minimum absolute atomic E-state index is 0.134. The summed E-state index contributed by atoms with van der Waals surface area (Å²) in [6, 6.07) is 18.6. The highest BCUT2D eigenvalue weighted by Gasteiger charge is 2.48. The minimum Gasteiger partial charge on any atom is -0.497 e. The molecular weight excluding hydrogens is 580 g/mol. The summed E-state index contributed by atoms with van der Waals surface area (Å²) in [6.07, 6.45) is 2.37. The van der Waals surface area contributed by atoms with Gasteiger partial charge in [0.05, 0.1) is 41.4 Å². The number of methoxy groups -OCH3 is 1. The van der Waals surface area contributed by atoms with Gasteiger partial charge in [0.1, 0.15) is 5.75 Å². The number of fused-ring (bicyclic) bond motifs is 2. The normalized spacial score (nSPS) is 18.7. The average Bonchev–Trinajstić information content (AvgIpc) is 3.31. The number of Topliss-reactive ketones (excluding diaryl/α,β-unsaturated/α-hetero) is 1. The first-order valence-corrected chi connectivity index (χ1v) is 15.0. The number of aromatic nitrogens is 1. The van der Waals surface area contributed by atoms with Crippen LogP contribution < -0.4 is 9.64 Å². The third-order valence-corrected chi connectivity index (χ3v) is 9.09. The van der Waals surface area contributed by atoms with Crippen molar-refractivity contribution in [2.24, 2.45) is 11.8 Å². The number of hydrogen-bond acceptors (Lipinski definition) is 7. The van der Waals surface area contributed by atoms with Crippen LogP contribution in [0.5, 0.6) is 5.75 Å². The number of hydrogen-bond donors (Lipinski definition) is 0. The van der Waals surface area contributed by atoms with E-state index in [0.29, 0.717) is 49.7 Å². The molecular formula is C35H31ClN2O6. The van der Waals surface area contributed by atoms with Gasteiger partial charge in [-0.25, -0.2) is 9.78 Å². The lowest BCUT2D eigenvalue weighted by molar-refractivity contribution is -0.122. The molecule has 8 nitrogen and oxygen atoms in total. The zero-order valence-corrected chi connectivity index (χ0v) is 25.4. The first-order valence-electron chi connectivity index (χ1n) is 14.6.